The zero-order valence-corrected chi connectivity index (χ0v) is 10.3. The molecule has 1 aromatic carbocycles. The number of carbonyl (C=O) groups excluding carboxylic acids is 1. The Morgan fingerprint density at radius 2 is 2.06 bits per heavy atom. The molecule has 0 N–H and O–H groups in total. The fourth-order valence-corrected chi connectivity index (χ4v) is 1.64. The third-order valence-corrected chi connectivity index (χ3v) is 2.59. The number of halogens is 4. The maximum Gasteiger partial charge on any atom is 0.573 e. The predicted molar refractivity (Wildman–Crippen MR) is 56.5 cm³/mol. The van der Waals surface area contributed by atoms with E-state index < -0.39 is 18.1 Å². The van der Waals surface area contributed by atoms with E-state index in [-0.39, 0.29) is 12.0 Å². The van der Waals surface area contributed by atoms with Crippen molar-refractivity contribution in [1.29, 1.82) is 0 Å². The quantitative estimate of drug-likeness (QED) is 0.805. The van der Waals surface area contributed by atoms with E-state index in [1.807, 2.05) is 0 Å². The molecule has 0 atom stereocenters. The molecule has 1 rings (SSSR count). The molecular formula is C10H8BrF3O3. The number of alkyl halides is 3. The SMILES string of the molecule is COC(=O)Cc1c(Br)cccc1OC(F)(F)F. The molecule has 3 nitrogen and oxygen atoms in total. The van der Waals surface area contributed by atoms with E-state index in [9.17, 15) is 18.0 Å². The second-order valence-electron chi connectivity index (χ2n) is 3.02. The molecule has 0 fully saturated rings. The van der Waals surface area contributed by atoms with E-state index in [1.54, 1.807) is 0 Å². The molecule has 0 heterocycles. The summed E-state index contributed by atoms with van der Waals surface area (Å²) < 4.78 is 44.9. The molecule has 0 bridgehead atoms. The summed E-state index contributed by atoms with van der Waals surface area (Å²) in [5.41, 5.74) is 0.0941. The van der Waals surface area contributed by atoms with E-state index in [2.05, 4.69) is 25.4 Å². The topological polar surface area (TPSA) is 35.5 Å². The third kappa shape index (κ3) is 4.26. The zero-order chi connectivity index (χ0) is 13.1. The fourth-order valence-electron chi connectivity index (χ4n) is 1.15. The van der Waals surface area contributed by atoms with Gasteiger partial charge in [0.1, 0.15) is 5.75 Å². The average Bonchev–Trinajstić information content (AvgIpc) is 2.20. The molecule has 1 aromatic rings. The number of ether oxygens (including phenoxy) is 2. The lowest BCUT2D eigenvalue weighted by molar-refractivity contribution is -0.275. The first-order valence-corrected chi connectivity index (χ1v) is 5.22. The van der Waals surface area contributed by atoms with Gasteiger partial charge in [0.2, 0.25) is 0 Å². The smallest absolute Gasteiger partial charge is 0.469 e. The van der Waals surface area contributed by atoms with Crippen molar-refractivity contribution in [2.24, 2.45) is 0 Å². The molecule has 0 aliphatic rings. The van der Waals surface area contributed by atoms with Crippen LogP contribution in [0.4, 0.5) is 13.2 Å². The summed E-state index contributed by atoms with van der Waals surface area (Å²) in [5.74, 6) is -1.07. The minimum atomic E-state index is -4.80. The molecule has 7 heteroatoms. The number of carbonyl (C=O) groups is 1. The van der Waals surface area contributed by atoms with E-state index in [1.165, 1.54) is 12.1 Å². The minimum absolute atomic E-state index is 0.0941. The van der Waals surface area contributed by atoms with Crippen LogP contribution < -0.4 is 4.74 Å². The number of esters is 1. The number of benzene rings is 1. The molecule has 0 unspecified atom stereocenters. The molecule has 17 heavy (non-hydrogen) atoms. The predicted octanol–water partition coefficient (Wildman–Crippen LogP) is 3.06. The van der Waals surface area contributed by atoms with E-state index in [4.69, 9.17) is 0 Å². The highest BCUT2D eigenvalue weighted by atomic mass is 79.9. The first-order chi connectivity index (χ1) is 7.83. The Bertz CT molecular complexity index is 418. The van der Waals surface area contributed by atoms with Crippen LogP contribution in [-0.4, -0.2) is 19.4 Å². The summed E-state index contributed by atoms with van der Waals surface area (Å²) in [7, 11) is 1.16. The van der Waals surface area contributed by atoms with Gasteiger partial charge in [-0.15, -0.1) is 13.2 Å². The van der Waals surface area contributed by atoms with Crippen molar-refractivity contribution in [1.82, 2.24) is 0 Å². The molecule has 0 aliphatic heterocycles. The van der Waals surface area contributed by atoms with Crippen LogP contribution in [-0.2, 0) is 16.0 Å². The largest absolute Gasteiger partial charge is 0.573 e. The van der Waals surface area contributed by atoms with E-state index >= 15 is 0 Å². The number of methoxy groups -OCH3 is 1. The highest BCUT2D eigenvalue weighted by molar-refractivity contribution is 9.10. The second-order valence-corrected chi connectivity index (χ2v) is 3.87. The standard InChI is InChI=1S/C10H8BrF3O3/c1-16-9(15)5-6-7(11)3-2-4-8(6)17-10(12,13)14/h2-4H,5H2,1H3. The van der Waals surface area contributed by atoms with Gasteiger partial charge in [-0.3, -0.25) is 4.79 Å². The van der Waals surface area contributed by atoms with Crippen LogP contribution in [0.25, 0.3) is 0 Å². The van der Waals surface area contributed by atoms with Crippen molar-refractivity contribution in [2.45, 2.75) is 12.8 Å². The molecule has 94 valence electrons. The lowest BCUT2D eigenvalue weighted by Crippen LogP contribution is -2.19. The number of hydrogen-bond donors (Lipinski definition) is 0. The van der Waals surface area contributed by atoms with Gasteiger partial charge in [-0.1, -0.05) is 22.0 Å². The normalized spacial score (nSPS) is 11.1. The van der Waals surface area contributed by atoms with Gasteiger partial charge in [0.05, 0.1) is 13.5 Å². The van der Waals surface area contributed by atoms with Crippen LogP contribution >= 0.6 is 15.9 Å². The molecule has 0 aromatic heterocycles. The first-order valence-electron chi connectivity index (χ1n) is 4.43. The summed E-state index contributed by atoms with van der Waals surface area (Å²) in [6.45, 7) is 0. The molecule has 0 aliphatic carbocycles. The van der Waals surface area contributed by atoms with Crippen LogP contribution in [0.1, 0.15) is 5.56 Å². The number of hydrogen-bond acceptors (Lipinski definition) is 3. The molecule has 0 spiro atoms. The first kappa shape index (κ1) is 13.8. The van der Waals surface area contributed by atoms with Crippen LogP contribution in [0.15, 0.2) is 22.7 Å². The van der Waals surface area contributed by atoms with Gasteiger partial charge in [0.15, 0.2) is 0 Å². The molecule has 0 saturated heterocycles. The van der Waals surface area contributed by atoms with Crippen molar-refractivity contribution >= 4 is 21.9 Å². The molecule has 0 radical (unpaired) electrons. The van der Waals surface area contributed by atoms with E-state index in [0.717, 1.165) is 13.2 Å². The summed E-state index contributed by atoms with van der Waals surface area (Å²) in [5, 5.41) is 0. The Hall–Kier alpha value is -1.24. The van der Waals surface area contributed by atoms with Crippen LogP contribution in [0, 0.1) is 0 Å². The summed E-state index contributed by atoms with van der Waals surface area (Å²) in [4.78, 5) is 11.1. The third-order valence-electron chi connectivity index (χ3n) is 1.85. The van der Waals surface area contributed by atoms with Crippen molar-refractivity contribution in [3.8, 4) is 5.75 Å². The summed E-state index contributed by atoms with van der Waals surface area (Å²) >= 11 is 3.06. The monoisotopic (exact) mass is 312 g/mol. The van der Waals surface area contributed by atoms with Crippen molar-refractivity contribution < 1.29 is 27.4 Å². The van der Waals surface area contributed by atoms with E-state index in [0.29, 0.717) is 4.47 Å². The summed E-state index contributed by atoms with van der Waals surface area (Å²) in [6, 6.07) is 4.03. The average molecular weight is 313 g/mol. The zero-order valence-electron chi connectivity index (χ0n) is 8.68. The Kier molecular flexibility index (Phi) is 4.39. The minimum Gasteiger partial charge on any atom is -0.469 e. The van der Waals surface area contributed by atoms with Crippen LogP contribution in [0.5, 0.6) is 5.75 Å². The van der Waals surface area contributed by atoms with Crippen molar-refractivity contribution in [2.75, 3.05) is 7.11 Å². The molecule has 0 saturated carbocycles. The fraction of sp³-hybridized carbons (Fsp3) is 0.300. The lowest BCUT2D eigenvalue weighted by atomic mass is 10.1. The molecule has 0 amide bonds. The molecular weight excluding hydrogens is 305 g/mol. The maximum absolute atomic E-state index is 12.1. The maximum atomic E-state index is 12.1. The van der Waals surface area contributed by atoms with Gasteiger partial charge >= 0.3 is 12.3 Å². The Morgan fingerprint density at radius 3 is 2.59 bits per heavy atom. The van der Waals surface area contributed by atoms with Gasteiger partial charge in [0, 0.05) is 10.0 Å². The Balaban J connectivity index is 3.04. The van der Waals surface area contributed by atoms with Gasteiger partial charge in [-0.2, -0.15) is 0 Å². The Labute approximate surface area is 104 Å². The van der Waals surface area contributed by atoms with Crippen molar-refractivity contribution in [3.05, 3.63) is 28.2 Å². The number of rotatable bonds is 3. The van der Waals surface area contributed by atoms with Gasteiger partial charge < -0.3 is 9.47 Å². The van der Waals surface area contributed by atoms with Crippen LogP contribution in [0.3, 0.4) is 0 Å². The summed E-state index contributed by atoms with van der Waals surface area (Å²) in [6.07, 6.45) is -5.10. The van der Waals surface area contributed by atoms with Gasteiger partial charge in [-0.25, -0.2) is 0 Å². The highest BCUT2D eigenvalue weighted by Crippen LogP contribution is 2.31. The highest BCUT2D eigenvalue weighted by Gasteiger charge is 2.32. The Morgan fingerprint density at radius 1 is 1.41 bits per heavy atom. The van der Waals surface area contributed by atoms with Gasteiger partial charge in [-0.05, 0) is 12.1 Å². The lowest BCUT2D eigenvalue weighted by Gasteiger charge is -2.13. The second kappa shape index (κ2) is 5.39. The van der Waals surface area contributed by atoms with Crippen LogP contribution in [0.2, 0.25) is 0 Å². The van der Waals surface area contributed by atoms with Gasteiger partial charge in [0.25, 0.3) is 0 Å². The van der Waals surface area contributed by atoms with Crippen molar-refractivity contribution in [3.63, 3.8) is 0 Å².